The number of thioether (sulfide) groups is 1. The van der Waals surface area contributed by atoms with Crippen molar-refractivity contribution in [3.63, 3.8) is 0 Å². The Kier molecular flexibility index (Phi) is 4.02. The quantitative estimate of drug-likeness (QED) is 0.789. The number of aliphatic hydroxyl groups is 1. The molecule has 1 nitrogen and oxygen atoms in total. The normalized spacial score (nSPS) is 13.9. The second-order valence-electron chi connectivity index (χ2n) is 5.03. The molecule has 0 aliphatic carbocycles. The molecule has 0 aliphatic rings. The maximum atomic E-state index is 13.4. The molecule has 0 radical (unpaired) electrons. The number of hydrogen-bond donors (Lipinski definition) is 1. The van der Waals surface area contributed by atoms with Crippen LogP contribution in [-0.4, -0.2) is 9.85 Å². The first-order chi connectivity index (χ1) is 7.20. The van der Waals surface area contributed by atoms with Gasteiger partial charge in [-0.05, 0) is 37.1 Å². The van der Waals surface area contributed by atoms with Crippen molar-refractivity contribution in [2.45, 2.75) is 50.4 Å². The Morgan fingerprint density at radius 1 is 1.31 bits per heavy atom. The smallest absolute Gasteiger partial charge is 0.126 e. The zero-order chi connectivity index (χ0) is 12.5. The van der Waals surface area contributed by atoms with Crippen LogP contribution in [0, 0.1) is 12.7 Å². The summed E-state index contributed by atoms with van der Waals surface area (Å²) < 4.78 is 13.5. The SMILES string of the molecule is Cc1cc(SC(C)(C)C)c([C@H](C)O)cc1F. The van der Waals surface area contributed by atoms with Gasteiger partial charge in [-0.25, -0.2) is 4.39 Å². The lowest BCUT2D eigenvalue weighted by Crippen LogP contribution is -2.09. The van der Waals surface area contributed by atoms with Crippen molar-refractivity contribution in [1.82, 2.24) is 0 Å². The molecule has 0 fully saturated rings. The lowest BCUT2D eigenvalue weighted by molar-refractivity contribution is 0.196. The van der Waals surface area contributed by atoms with Gasteiger partial charge in [-0.15, -0.1) is 11.8 Å². The van der Waals surface area contributed by atoms with Gasteiger partial charge >= 0.3 is 0 Å². The van der Waals surface area contributed by atoms with Crippen LogP contribution in [0.1, 0.15) is 44.9 Å². The molecule has 1 atom stereocenters. The molecular weight excluding hydrogens is 223 g/mol. The Hall–Kier alpha value is -0.540. The summed E-state index contributed by atoms with van der Waals surface area (Å²) in [6.45, 7) is 9.71. The van der Waals surface area contributed by atoms with Crippen LogP contribution in [-0.2, 0) is 0 Å². The van der Waals surface area contributed by atoms with Crippen LogP contribution in [0.2, 0.25) is 0 Å². The Morgan fingerprint density at radius 3 is 2.31 bits per heavy atom. The molecule has 1 aromatic carbocycles. The predicted molar refractivity (Wildman–Crippen MR) is 67.4 cm³/mol. The van der Waals surface area contributed by atoms with E-state index in [2.05, 4.69) is 20.8 Å². The summed E-state index contributed by atoms with van der Waals surface area (Å²) in [5.41, 5.74) is 1.29. The minimum absolute atomic E-state index is 0.0495. The van der Waals surface area contributed by atoms with E-state index in [9.17, 15) is 9.50 Å². The number of aryl methyl sites for hydroxylation is 1. The van der Waals surface area contributed by atoms with Crippen molar-refractivity contribution in [2.75, 3.05) is 0 Å². The molecule has 0 unspecified atom stereocenters. The van der Waals surface area contributed by atoms with Gasteiger partial charge in [-0.3, -0.25) is 0 Å². The van der Waals surface area contributed by atoms with Crippen molar-refractivity contribution in [3.8, 4) is 0 Å². The van der Waals surface area contributed by atoms with Gasteiger partial charge in [0, 0.05) is 9.64 Å². The Balaban J connectivity index is 3.20. The van der Waals surface area contributed by atoms with Gasteiger partial charge in [0.25, 0.3) is 0 Å². The predicted octanol–water partition coefficient (Wildman–Crippen LogP) is 4.08. The van der Waals surface area contributed by atoms with E-state index in [0.717, 1.165) is 4.90 Å². The zero-order valence-corrected chi connectivity index (χ0v) is 11.3. The Bertz CT molecular complexity index is 380. The van der Waals surface area contributed by atoms with E-state index in [1.165, 1.54) is 6.07 Å². The van der Waals surface area contributed by atoms with Gasteiger partial charge in [0.2, 0.25) is 0 Å². The van der Waals surface area contributed by atoms with Gasteiger partial charge in [0.05, 0.1) is 6.10 Å². The van der Waals surface area contributed by atoms with Gasteiger partial charge in [0.15, 0.2) is 0 Å². The van der Waals surface area contributed by atoms with Crippen molar-refractivity contribution in [3.05, 3.63) is 29.1 Å². The van der Waals surface area contributed by atoms with E-state index >= 15 is 0 Å². The van der Waals surface area contributed by atoms with Gasteiger partial charge in [0.1, 0.15) is 5.82 Å². The molecule has 1 aromatic rings. The molecule has 0 saturated heterocycles. The maximum Gasteiger partial charge on any atom is 0.126 e. The fourth-order valence-electron chi connectivity index (χ4n) is 1.42. The van der Waals surface area contributed by atoms with Crippen molar-refractivity contribution < 1.29 is 9.50 Å². The number of hydrogen-bond acceptors (Lipinski definition) is 2. The molecular formula is C13H19FOS. The molecule has 0 amide bonds. The molecule has 0 heterocycles. The van der Waals surface area contributed by atoms with E-state index in [0.29, 0.717) is 11.1 Å². The van der Waals surface area contributed by atoms with Crippen molar-refractivity contribution in [1.29, 1.82) is 0 Å². The van der Waals surface area contributed by atoms with Crippen LogP contribution >= 0.6 is 11.8 Å². The summed E-state index contributed by atoms with van der Waals surface area (Å²) in [7, 11) is 0. The average molecular weight is 242 g/mol. The largest absolute Gasteiger partial charge is 0.389 e. The average Bonchev–Trinajstić information content (AvgIpc) is 2.07. The highest BCUT2D eigenvalue weighted by molar-refractivity contribution is 8.00. The third kappa shape index (κ3) is 3.49. The molecule has 0 spiro atoms. The van der Waals surface area contributed by atoms with Crippen LogP contribution in [0.15, 0.2) is 17.0 Å². The first kappa shape index (κ1) is 13.5. The highest BCUT2D eigenvalue weighted by Gasteiger charge is 2.18. The number of benzene rings is 1. The minimum Gasteiger partial charge on any atom is -0.389 e. The number of halogens is 1. The lowest BCUT2D eigenvalue weighted by Gasteiger charge is -2.21. The number of aliphatic hydroxyl groups excluding tert-OH is 1. The van der Waals surface area contributed by atoms with E-state index in [-0.39, 0.29) is 10.6 Å². The monoisotopic (exact) mass is 242 g/mol. The van der Waals surface area contributed by atoms with Crippen LogP contribution in [0.25, 0.3) is 0 Å². The first-order valence-corrected chi connectivity index (χ1v) is 6.19. The Labute approximate surface area is 101 Å². The first-order valence-electron chi connectivity index (χ1n) is 5.38. The molecule has 0 aliphatic heterocycles. The van der Waals surface area contributed by atoms with E-state index < -0.39 is 6.10 Å². The van der Waals surface area contributed by atoms with Crippen molar-refractivity contribution in [2.24, 2.45) is 0 Å². The summed E-state index contributed by atoms with van der Waals surface area (Å²) in [6.07, 6.45) is -0.639. The maximum absolute atomic E-state index is 13.4. The summed E-state index contributed by atoms with van der Waals surface area (Å²) >= 11 is 1.65. The molecule has 1 N–H and O–H groups in total. The fourth-order valence-corrected chi connectivity index (χ4v) is 2.66. The summed E-state index contributed by atoms with van der Waals surface area (Å²) in [4.78, 5) is 0.960. The molecule has 0 bridgehead atoms. The standard InChI is InChI=1S/C13H19FOS/c1-8-6-12(16-13(3,4)5)10(9(2)15)7-11(8)14/h6-7,9,15H,1-5H3/t9-/m0/s1. The summed E-state index contributed by atoms with van der Waals surface area (Å²) in [5.74, 6) is -0.255. The molecule has 16 heavy (non-hydrogen) atoms. The van der Waals surface area contributed by atoms with Gasteiger partial charge in [-0.1, -0.05) is 20.8 Å². The molecule has 90 valence electrons. The van der Waals surface area contributed by atoms with Crippen LogP contribution < -0.4 is 0 Å². The van der Waals surface area contributed by atoms with Crippen LogP contribution in [0.5, 0.6) is 0 Å². The van der Waals surface area contributed by atoms with Crippen LogP contribution in [0.3, 0.4) is 0 Å². The second-order valence-corrected chi connectivity index (χ2v) is 6.90. The molecule has 3 heteroatoms. The Morgan fingerprint density at radius 2 is 1.88 bits per heavy atom. The van der Waals surface area contributed by atoms with Gasteiger partial charge in [-0.2, -0.15) is 0 Å². The van der Waals surface area contributed by atoms with E-state index in [1.54, 1.807) is 25.6 Å². The van der Waals surface area contributed by atoms with Gasteiger partial charge < -0.3 is 5.11 Å². The highest BCUT2D eigenvalue weighted by atomic mass is 32.2. The summed E-state index contributed by atoms with van der Waals surface area (Å²) in [6, 6.07) is 3.25. The van der Waals surface area contributed by atoms with E-state index in [1.807, 2.05) is 6.07 Å². The van der Waals surface area contributed by atoms with Crippen LogP contribution in [0.4, 0.5) is 4.39 Å². The zero-order valence-electron chi connectivity index (χ0n) is 10.5. The molecule has 1 rings (SSSR count). The molecule has 0 aromatic heterocycles. The summed E-state index contributed by atoms with van der Waals surface area (Å²) in [5, 5.41) is 9.64. The second kappa shape index (κ2) is 4.76. The third-order valence-corrected chi connectivity index (χ3v) is 3.34. The number of rotatable bonds is 2. The lowest BCUT2D eigenvalue weighted by atomic mass is 10.1. The van der Waals surface area contributed by atoms with E-state index in [4.69, 9.17) is 0 Å². The van der Waals surface area contributed by atoms with Crippen molar-refractivity contribution >= 4 is 11.8 Å². The molecule has 0 saturated carbocycles. The topological polar surface area (TPSA) is 20.2 Å². The minimum atomic E-state index is -0.639. The third-order valence-electron chi connectivity index (χ3n) is 2.16. The highest BCUT2D eigenvalue weighted by Crippen LogP contribution is 2.37. The fraction of sp³-hybridized carbons (Fsp3) is 0.538.